The Morgan fingerprint density at radius 1 is 1.36 bits per heavy atom. The lowest BCUT2D eigenvalue weighted by Crippen LogP contribution is -2.52. The van der Waals surface area contributed by atoms with Crippen molar-refractivity contribution in [2.24, 2.45) is 10.9 Å². The Labute approximate surface area is 189 Å². The molecule has 28 heavy (non-hydrogen) atoms. The topological polar surface area (TPSA) is 56.9 Å². The summed E-state index contributed by atoms with van der Waals surface area (Å²) < 4.78 is 5.17. The van der Waals surface area contributed by atoms with Crippen molar-refractivity contribution in [2.75, 3.05) is 39.3 Å². The van der Waals surface area contributed by atoms with Gasteiger partial charge in [-0.3, -0.25) is 9.89 Å². The van der Waals surface area contributed by atoms with E-state index in [1.54, 1.807) is 0 Å². The number of nitrogens with one attached hydrogen (secondary N) is 1. The van der Waals surface area contributed by atoms with Crippen molar-refractivity contribution in [3.05, 3.63) is 39.9 Å². The Morgan fingerprint density at radius 2 is 2.14 bits per heavy atom. The molecule has 1 unspecified atom stereocenters. The zero-order valence-electron chi connectivity index (χ0n) is 17.1. The molecule has 2 aromatic heterocycles. The normalized spacial score (nSPS) is 16.7. The molecule has 3 rings (SSSR count). The number of hydrogen-bond donors (Lipinski definition) is 1. The zero-order chi connectivity index (χ0) is 19.1. The fourth-order valence-corrected chi connectivity index (χ4v) is 4.21. The molecule has 0 bridgehead atoms. The number of rotatable bonds is 7. The van der Waals surface area contributed by atoms with Gasteiger partial charge >= 0.3 is 0 Å². The Balaban J connectivity index is 0.00000280. The first-order chi connectivity index (χ1) is 13.1. The highest BCUT2D eigenvalue weighted by Crippen LogP contribution is 2.15. The van der Waals surface area contributed by atoms with Gasteiger partial charge in [-0.2, -0.15) is 0 Å². The third kappa shape index (κ3) is 7.04. The number of nitrogens with zero attached hydrogens (tertiary/aromatic N) is 4. The Bertz CT molecular complexity index is 710. The molecular formula is C20H32IN5OS. The molecule has 0 aromatic carbocycles. The second-order valence-corrected chi connectivity index (χ2v) is 8.31. The van der Waals surface area contributed by atoms with Gasteiger partial charge in [0.15, 0.2) is 5.96 Å². The number of aryl methyl sites for hydroxylation is 1. The molecule has 156 valence electrons. The summed E-state index contributed by atoms with van der Waals surface area (Å²) in [6.07, 6.45) is 1.10. The van der Waals surface area contributed by atoms with Crippen LogP contribution in [0.25, 0.3) is 0 Å². The summed E-state index contributed by atoms with van der Waals surface area (Å²) >= 11 is 1.83. The van der Waals surface area contributed by atoms with Crippen molar-refractivity contribution in [2.45, 2.75) is 33.7 Å². The third-order valence-electron chi connectivity index (χ3n) is 4.75. The van der Waals surface area contributed by atoms with Gasteiger partial charge in [0.2, 0.25) is 0 Å². The van der Waals surface area contributed by atoms with Crippen molar-refractivity contribution in [1.82, 2.24) is 20.3 Å². The Kier molecular flexibility index (Phi) is 9.73. The molecule has 0 aliphatic carbocycles. The summed E-state index contributed by atoms with van der Waals surface area (Å²) in [5.74, 6) is 2.48. The quantitative estimate of drug-likeness (QED) is 0.346. The van der Waals surface area contributed by atoms with Gasteiger partial charge in [0.1, 0.15) is 5.76 Å². The van der Waals surface area contributed by atoms with Crippen molar-refractivity contribution < 1.29 is 4.52 Å². The summed E-state index contributed by atoms with van der Waals surface area (Å²) in [7, 11) is 0. The SMILES string of the molecule is CCNC(=NCC(C)Cc1cccs1)N1CCN(Cc2cc(C)on2)CC1.I. The molecule has 3 heterocycles. The number of guanidine groups is 1. The lowest BCUT2D eigenvalue weighted by Gasteiger charge is -2.36. The maximum absolute atomic E-state index is 5.17. The fourth-order valence-electron chi connectivity index (χ4n) is 3.34. The van der Waals surface area contributed by atoms with E-state index < -0.39 is 0 Å². The highest BCUT2D eigenvalue weighted by molar-refractivity contribution is 14.0. The molecule has 1 atom stereocenters. The van der Waals surface area contributed by atoms with E-state index >= 15 is 0 Å². The van der Waals surface area contributed by atoms with Gasteiger partial charge in [-0.15, -0.1) is 35.3 Å². The van der Waals surface area contributed by atoms with Crippen LogP contribution in [0.2, 0.25) is 0 Å². The molecule has 0 radical (unpaired) electrons. The van der Waals surface area contributed by atoms with Gasteiger partial charge in [-0.25, -0.2) is 0 Å². The van der Waals surface area contributed by atoms with E-state index in [0.29, 0.717) is 5.92 Å². The number of thiophene rings is 1. The summed E-state index contributed by atoms with van der Waals surface area (Å²) in [6.45, 7) is 13.0. The van der Waals surface area contributed by atoms with Crippen molar-refractivity contribution >= 4 is 41.3 Å². The molecule has 1 aliphatic rings. The molecule has 0 saturated carbocycles. The minimum Gasteiger partial charge on any atom is -0.361 e. The monoisotopic (exact) mass is 517 g/mol. The molecule has 1 aliphatic heterocycles. The van der Waals surface area contributed by atoms with E-state index in [0.717, 1.165) is 69.6 Å². The smallest absolute Gasteiger partial charge is 0.194 e. The van der Waals surface area contributed by atoms with Crippen LogP contribution >= 0.6 is 35.3 Å². The number of hydrogen-bond acceptors (Lipinski definition) is 5. The molecule has 8 heteroatoms. The molecule has 0 spiro atoms. The average molecular weight is 517 g/mol. The van der Waals surface area contributed by atoms with Gasteiger partial charge in [0.25, 0.3) is 0 Å². The van der Waals surface area contributed by atoms with Crippen LogP contribution in [-0.2, 0) is 13.0 Å². The van der Waals surface area contributed by atoms with Gasteiger partial charge in [0.05, 0.1) is 5.69 Å². The van der Waals surface area contributed by atoms with Gasteiger partial charge in [-0.05, 0) is 37.6 Å². The second kappa shape index (κ2) is 11.8. The molecule has 1 N–H and O–H groups in total. The van der Waals surface area contributed by atoms with Crippen LogP contribution < -0.4 is 5.32 Å². The predicted octanol–water partition coefficient (Wildman–Crippen LogP) is 3.62. The zero-order valence-corrected chi connectivity index (χ0v) is 20.2. The minimum absolute atomic E-state index is 0. The standard InChI is InChI=1S/C20H31N5OS.HI/c1-4-21-20(22-14-16(2)12-19-6-5-11-27-19)25-9-7-24(8-10-25)15-18-13-17(3)26-23-18;/h5-6,11,13,16H,4,7-10,12,14-15H2,1-3H3,(H,21,22);1H. The molecule has 1 fully saturated rings. The van der Waals surface area contributed by atoms with Crippen LogP contribution in [-0.4, -0.2) is 60.2 Å². The van der Waals surface area contributed by atoms with Gasteiger partial charge in [0, 0.05) is 56.8 Å². The average Bonchev–Trinajstić information content (AvgIpc) is 3.31. The van der Waals surface area contributed by atoms with Crippen molar-refractivity contribution in [3.63, 3.8) is 0 Å². The summed E-state index contributed by atoms with van der Waals surface area (Å²) in [5.41, 5.74) is 1.02. The Morgan fingerprint density at radius 3 is 2.75 bits per heavy atom. The molecular weight excluding hydrogens is 485 g/mol. The van der Waals surface area contributed by atoms with E-state index in [4.69, 9.17) is 9.52 Å². The van der Waals surface area contributed by atoms with Crippen LogP contribution in [0.4, 0.5) is 0 Å². The van der Waals surface area contributed by atoms with Crippen LogP contribution in [0, 0.1) is 12.8 Å². The maximum atomic E-state index is 5.17. The fraction of sp³-hybridized carbons (Fsp3) is 0.600. The first-order valence-corrected chi connectivity index (χ1v) is 10.7. The Hall–Kier alpha value is -1.13. The summed E-state index contributed by atoms with van der Waals surface area (Å²) in [6, 6.07) is 6.36. The lowest BCUT2D eigenvalue weighted by molar-refractivity contribution is 0.169. The van der Waals surface area contributed by atoms with E-state index in [1.807, 2.05) is 24.3 Å². The summed E-state index contributed by atoms with van der Waals surface area (Å²) in [5, 5.41) is 9.72. The van der Waals surface area contributed by atoms with E-state index in [-0.39, 0.29) is 24.0 Å². The second-order valence-electron chi connectivity index (χ2n) is 7.28. The highest BCUT2D eigenvalue weighted by Gasteiger charge is 2.20. The van der Waals surface area contributed by atoms with Crippen LogP contribution in [0.3, 0.4) is 0 Å². The van der Waals surface area contributed by atoms with Crippen molar-refractivity contribution in [3.8, 4) is 0 Å². The largest absolute Gasteiger partial charge is 0.361 e. The van der Waals surface area contributed by atoms with Gasteiger partial charge in [-0.1, -0.05) is 18.1 Å². The molecule has 6 nitrogen and oxygen atoms in total. The predicted molar refractivity (Wildman–Crippen MR) is 127 cm³/mol. The molecule has 2 aromatic rings. The van der Waals surface area contributed by atoms with Gasteiger partial charge < -0.3 is 14.7 Å². The number of halogens is 1. The van der Waals surface area contributed by atoms with E-state index in [1.165, 1.54) is 4.88 Å². The van der Waals surface area contributed by atoms with Crippen LogP contribution in [0.5, 0.6) is 0 Å². The first kappa shape index (κ1) is 23.2. The van der Waals surface area contributed by atoms with E-state index in [9.17, 15) is 0 Å². The number of aromatic nitrogens is 1. The van der Waals surface area contributed by atoms with Crippen LogP contribution in [0.15, 0.2) is 33.1 Å². The number of aliphatic imine (C=N–C) groups is 1. The first-order valence-electron chi connectivity index (χ1n) is 9.84. The minimum atomic E-state index is 0. The van der Waals surface area contributed by atoms with Crippen LogP contribution in [0.1, 0.15) is 30.2 Å². The number of piperazine rings is 1. The highest BCUT2D eigenvalue weighted by atomic mass is 127. The lowest BCUT2D eigenvalue weighted by atomic mass is 10.1. The third-order valence-corrected chi connectivity index (χ3v) is 5.65. The molecule has 0 amide bonds. The summed E-state index contributed by atoms with van der Waals surface area (Å²) in [4.78, 5) is 11.2. The molecule has 1 saturated heterocycles. The van der Waals surface area contributed by atoms with E-state index in [2.05, 4.69) is 51.6 Å². The maximum Gasteiger partial charge on any atom is 0.194 e. The van der Waals surface area contributed by atoms with Crippen molar-refractivity contribution in [1.29, 1.82) is 0 Å².